The Morgan fingerprint density at radius 3 is 2.72 bits per heavy atom. The van der Waals surface area contributed by atoms with Crippen LogP contribution in [-0.4, -0.2) is 15.6 Å². The van der Waals surface area contributed by atoms with Crippen molar-refractivity contribution in [3.05, 3.63) is 69.9 Å². The number of hydrogen-bond acceptors (Lipinski definition) is 2. The Bertz CT molecular complexity index is 649. The van der Waals surface area contributed by atoms with E-state index in [0.29, 0.717) is 5.56 Å². The SMILES string of the molecule is O=C(O)c1cc(Cn2ccccc2=O)ccc1F. The van der Waals surface area contributed by atoms with Crippen molar-refractivity contribution in [1.82, 2.24) is 4.57 Å². The molecule has 1 heterocycles. The molecule has 0 saturated heterocycles. The van der Waals surface area contributed by atoms with Crippen molar-refractivity contribution in [3.8, 4) is 0 Å². The Morgan fingerprint density at radius 1 is 1.28 bits per heavy atom. The minimum absolute atomic E-state index is 0.196. The quantitative estimate of drug-likeness (QED) is 0.898. The largest absolute Gasteiger partial charge is 0.478 e. The van der Waals surface area contributed by atoms with Crippen molar-refractivity contribution in [2.24, 2.45) is 0 Å². The van der Waals surface area contributed by atoms with E-state index in [0.717, 1.165) is 6.07 Å². The molecule has 1 N–H and O–H groups in total. The Kier molecular flexibility index (Phi) is 3.23. The lowest BCUT2D eigenvalue weighted by Gasteiger charge is -2.06. The summed E-state index contributed by atoms with van der Waals surface area (Å²) < 4.78 is 14.6. The summed E-state index contributed by atoms with van der Waals surface area (Å²) in [4.78, 5) is 22.3. The number of carboxylic acid groups (broad SMARTS) is 1. The van der Waals surface area contributed by atoms with Crippen molar-refractivity contribution in [2.75, 3.05) is 0 Å². The summed E-state index contributed by atoms with van der Waals surface area (Å²) in [6.45, 7) is 0.209. The summed E-state index contributed by atoms with van der Waals surface area (Å²) in [5.41, 5.74) is -0.0303. The molecule has 92 valence electrons. The Hall–Kier alpha value is -2.43. The van der Waals surface area contributed by atoms with Gasteiger partial charge >= 0.3 is 5.97 Å². The Morgan fingerprint density at radius 2 is 2.06 bits per heavy atom. The van der Waals surface area contributed by atoms with Gasteiger partial charge in [0.05, 0.1) is 12.1 Å². The maximum atomic E-state index is 13.2. The summed E-state index contributed by atoms with van der Waals surface area (Å²) in [5, 5.41) is 8.80. The van der Waals surface area contributed by atoms with Gasteiger partial charge in [0.1, 0.15) is 5.82 Å². The molecule has 2 aromatic rings. The zero-order valence-corrected chi connectivity index (χ0v) is 9.34. The highest BCUT2D eigenvalue weighted by molar-refractivity contribution is 5.88. The first kappa shape index (κ1) is 12.0. The second-order valence-corrected chi connectivity index (χ2v) is 3.79. The summed E-state index contributed by atoms with van der Waals surface area (Å²) in [5.74, 6) is -2.11. The third-order valence-corrected chi connectivity index (χ3v) is 2.51. The molecule has 1 aromatic heterocycles. The van der Waals surface area contributed by atoms with Gasteiger partial charge in [-0.2, -0.15) is 0 Å². The number of benzene rings is 1. The molecule has 1 aromatic carbocycles. The van der Waals surface area contributed by atoms with Gasteiger partial charge in [-0.05, 0) is 23.8 Å². The van der Waals surface area contributed by atoms with Crippen molar-refractivity contribution in [2.45, 2.75) is 6.54 Å². The predicted molar refractivity (Wildman–Crippen MR) is 63.2 cm³/mol. The molecule has 0 atom stereocenters. The highest BCUT2D eigenvalue weighted by Crippen LogP contribution is 2.11. The minimum atomic E-state index is -1.32. The predicted octanol–water partition coefficient (Wildman–Crippen LogP) is 1.73. The van der Waals surface area contributed by atoms with Crippen LogP contribution in [0.4, 0.5) is 4.39 Å². The number of carboxylic acids is 1. The first-order chi connectivity index (χ1) is 8.58. The lowest BCUT2D eigenvalue weighted by Crippen LogP contribution is -2.18. The number of aromatic carboxylic acids is 1. The van der Waals surface area contributed by atoms with Gasteiger partial charge in [0.2, 0.25) is 0 Å². The van der Waals surface area contributed by atoms with Gasteiger partial charge in [0, 0.05) is 12.3 Å². The van der Waals surface area contributed by atoms with Crippen LogP contribution >= 0.6 is 0 Å². The molecule has 2 rings (SSSR count). The van der Waals surface area contributed by atoms with Crippen molar-refractivity contribution >= 4 is 5.97 Å². The molecule has 0 unspecified atom stereocenters. The van der Waals surface area contributed by atoms with E-state index < -0.39 is 17.3 Å². The number of carbonyl (C=O) groups is 1. The molecular formula is C13H10FNO3. The maximum absolute atomic E-state index is 13.2. The van der Waals surface area contributed by atoms with Crippen LogP contribution in [0.3, 0.4) is 0 Å². The van der Waals surface area contributed by atoms with Crippen LogP contribution in [0.1, 0.15) is 15.9 Å². The molecule has 0 fully saturated rings. The van der Waals surface area contributed by atoms with E-state index in [1.165, 1.54) is 22.8 Å². The summed E-state index contributed by atoms with van der Waals surface area (Å²) >= 11 is 0. The molecule has 0 saturated carbocycles. The monoisotopic (exact) mass is 247 g/mol. The van der Waals surface area contributed by atoms with E-state index in [2.05, 4.69) is 0 Å². The average molecular weight is 247 g/mol. The van der Waals surface area contributed by atoms with Crippen LogP contribution in [0.25, 0.3) is 0 Å². The second kappa shape index (κ2) is 4.83. The molecule has 0 aliphatic carbocycles. The van der Waals surface area contributed by atoms with Crippen LogP contribution in [-0.2, 0) is 6.54 Å². The highest BCUT2D eigenvalue weighted by Gasteiger charge is 2.10. The van der Waals surface area contributed by atoms with E-state index in [9.17, 15) is 14.0 Å². The van der Waals surface area contributed by atoms with E-state index in [1.807, 2.05) is 0 Å². The van der Waals surface area contributed by atoms with Gasteiger partial charge in [-0.1, -0.05) is 12.1 Å². The molecular weight excluding hydrogens is 237 g/mol. The zero-order valence-electron chi connectivity index (χ0n) is 9.34. The van der Waals surface area contributed by atoms with Gasteiger partial charge in [-0.25, -0.2) is 9.18 Å². The molecule has 0 bridgehead atoms. The molecule has 0 radical (unpaired) electrons. The van der Waals surface area contributed by atoms with Gasteiger partial charge in [-0.3, -0.25) is 4.79 Å². The van der Waals surface area contributed by atoms with Crippen LogP contribution in [0.5, 0.6) is 0 Å². The number of pyridine rings is 1. The number of rotatable bonds is 3. The molecule has 0 spiro atoms. The Labute approximate surface area is 102 Å². The van der Waals surface area contributed by atoms with E-state index in [4.69, 9.17) is 5.11 Å². The molecule has 0 aliphatic heterocycles. The molecule has 18 heavy (non-hydrogen) atoms. The molecule has 0 aliphatic rings. The van der Waals surface area contributed by atoms with E-state index in [-0.39, 0.29) is 12.1 Å². The lowest BCUT2D eigenvalue weighted by atomic mass is 10.1. The minimum Gasteiger partial charge on any atom is -0.478 e. The standard InChI is InChI=1S/C13H10FNO3/c14-11-5-4-9(7-10(11)13(17)18)8-15-6-2-1-3-12(15)16/h1-7H,8H2,(H,17,18). The van der Waals surface area contributed by atoms with E-state index >= 15 is 0 Å². The third-order valence-electron chi connectivity index (χ3n) is 2.51. The fraction of sp³-hybridized carbons (Fsp3) is 0.0769. The van der Waals surface area contributed by atoms with Crippen LogP contribution in [0, 0.1) is 5.82 Å². The summed E-state index contributed by atoms with van der Waals surface area (Å²) in [7, 11) is 0. The van der Waals surface area contributed by atoms with Gasteiger partial charge in [-0.15, -0.1) is 0 Å². The summed E-state index contributed by atoms with van der Waals surface area (Å²) in [6.07, 6.45) is 1.59. The average Bonchev–Trinajstić information content (AvgIpc) is 2.34. The van der Waals surface area contributed by atoms with Crippen LogP contribution in [0.2, 0.25) is 0 Å². The van der Waals surface area contributed by atoms with Gasteiger partial charge in [0.25, 0.3) is 5.56 Å². The number of halogens is 1. The number of aromatic nitrogens is 1. The first-order valence-electron chi connectivity index (χ1n) is 5.25. The maximum Gasteiger partial charge on any atom is 0.338 e. The fourth-order valence-electron chi connectivity index (χ4n) is 1.62. The summed E-state index contributed by atoms with van der Waals surface area (Å²) in [6, 6.07) is 8.50. The first-order valence-corrected chi connectivity index (χ1v) is 5.25. The lowest BCUT2D eigenvalue weighted by molar-refractivity contribution is 0.0691. The number of nitrogens with zero attached hydrogens (tertiary/aromatic N) is 1. The third kappa shape index (κ3) is 2.45. The smallest absolute Gasteiger partial charge is 0.338 e. The second-order valence-electron chi connectivity index (χ2n) is 3.79. The van der Waals surface area contributed by atoms with Crippen molar-refractivity contribution in [1.29, 1.82) is 0 Å². The van der Waals surface area contributed by atoms with Gasteiger partial charge < -0.3 is 9.67 Å². The van der Waals surface area contributed by atoms with Crippen molar-refractivity contribution < 1.29 is 14.3 Å². The highest BCUT2D eigenvalue weighted by atomic mass is 19.1. The van der Waals surface area contributed by atoms with Crippen LogP contribution in [0.15, 0.2) is 47.4 Å². The van der Waals surface area contributed by atoms with Crippen molar-refractivity contribution in [3.63, 3.8) is 0 Å². The molecule has 5 heteroatoms. The number of hydrogen-bond donors (Lipinski definition) is 1. The fourth-order valence-corrected chi connectivity index (χ4v) is 1.62. The topological polar surface area (TPSA) is 59.3 Å². The normalized spacial score (nSPS) is 10.3. The molecule has 4 nitrogen and oxygen atoms in total. The Balaban J connectivity index is 2.36. The zero-order chi connectivity index (χ0) is 13.1. The van der Waals surface area contributed by atoms with E-state index in [1.54, 1.807) is 18.3 Å². The van der Waals surface area contributed by atoms with Crippen LogP contribution < -0.4 is 5.56 Å². The van der Waals surface area contributed by atoms with Gasteiger partial charge in [0.15, 0.2) is 0 Å². The molecule has 0 amide bonds.